The van der Waals surface area contributed by atoms with Crippen LogP contribution in [0.3, 0.4) is 0 Å². The van der Waals surface area contributed by atoms with Crippen LogP contribution in [0, 0.1) is 0 Å². The van der Waals surface area contributed by atoms with Crippen molar-refractivity contribution in [1.29, 1.82) is 0 Å². The summed E-state index contributed by atoms with van der Waals surface area (Å²) >= 11 is 7.41. The topological polar surface area (TPSA) is 131 Å². The van der Waals surface area contributed by atoms with Crippen molar-refractivity contribution < 1.29 is 19.8 Å². The Balaban J connectivity index is 0.00000289. The number of thiazole rings is 1. The highest BCUT2D eigenvalue weighted by molar-refractivity contribution is 7.13. The molecule has 9 nitrogen and oxygen atoms in total. The quantitative estimate of drug-likeness (QED) is 0.345. The fraction of sp³-hybridized carbons (Fsp3) is 0.435. The van der Waals surface area contributed by atoms with Crippen LogP contribution in [0.5, 0.6) is 0 Å². The Bertz CT molecular complexity index is 1250. The highest BCUT2D eigenvalue weighted by Gasteiger charge is 2.38. The fourth-order valence-corrected chi connectivity index (χ4v) is 5.88. The second-order valence-electron chi connectivity index (χ2n) is 9.06. The first-order valence-corrected chi connectivity index (χ1v) is 12.4. The molecule has 0 spiro atoms. The van der Waals surface area contributed by atoms with E-state index in [0.29, 0.717) is 15.7 Å². The summed E-state index contributed by atoms with van der Waals surface area (Å²) in [7, 11) is 2.03. The summed E-state index contributed by atoms with van der Waals surface area (Å²) in [4.78, 5) is 36.8. The minimum absolute atomic E-state index is 0. The monoisotopic (exact) mass is 539 g/mol. The molecule has 1 aliphatic heterocycles. The van der Waals surface area contributed by atoms with Gasteiger partial charge in [-0.2, -0.15) is 0 Å². The highest BCUT2D eigenvalue weighted by atomic mass is 35.5. The summed E-state index contributed by atoms with van der Waals surface area (Å²) in [6.45, 7) is 1.67. The first kappa shape index (κ1) is 25.9. The second-order valence-corrected chi connectivity index (χ2v) is 10.6. The predicted molar refractivity (Wildman–Crippen MR) is 136 cm³/mol. The van der Waals surface area contributed by atoms with Crippen LogP contribution in [-0.2, 0) is 13.0 Å². The van der Waals surface area contributed by atoms with Crippen LogP contribution in [0.4, 0.5) is 0 Å². The van der Waals surface area contributed by atoms with Gasteiger partial charge in [0.1, 0.15) is 5.69 Å². The smallest absolute Gasteiger partial charge is 0.280 e. The van der Waals surface area contributed by atoms with E-state index in [9.17, 15) is 19.8 Å². The Hall–Kier alpha value is -2.21. The lowest BCUT2D eigenvalue weighted by Gasteiger charge is -2.37. The number of carbonyl (C=O) groups excluding carboxylic acids is 2. The van der Waals surface area contributed by atoms with Crippen LogP contribution in [0.15, 0.2) is 24.3 Å². The van der Waals surface area contributed by atoms with E-state index in [1.54, 1.807) is 24.3 Å². The van der Waals surface area contributed by atoms with Gasteiger partial charge in [0.05, 0.1) is 30.0 Å². The van der Waals surface area contributed by atoms with Crippen LogP contribution >= 0.6 is 35.3 Å². The molecule has 5 N–H and O–H groups in total. The summed E-state index contributed by atoms with van der Waals surface area (Å²) in [6.07, 6.45) is -0.954. The number of H-pyrrole nitrogens is 1. The van der Waals surface area contributed by atoms with Crippen molar-refractivity contribution in [2.75, 3.05) is 13.6 Å². The number of hydrogen-bond donors (Lipinski definition) is 5. The SMILES string of the molecule is CN1CCc2nc(C(=O)N[C@H]3C[C@@H](O)[C@@H](O)C[C@H]3NC(=O)c3cc4cc(Cl)ccc4[nH]3)sc2C1.Cl. The molecule has 0 unspecified atom stereocenters. The molecular weight excluding hydrogens is 513 g/mol. The molecule has 1 aromatic carbocycles. The van der Waals surface area contributed by atoms with Crippen LogP contribution in [-0.4, -0.2) is 74.8 Å². The number of rotatable bonds is 4. The number of nitrogens with one attached hydrogen (secondary N) is 3. The van der Waals surface area contributed by atoms with Crippen molar-refractivity contribution in [3.05, 3.63) is 50.6 Å². The summed E-state index contributed by atoms with van der Waals surface area (Å²) < 4.78 is 0. The van der Waals surface area contributed by atoms with Crippen molar-refractivity contribution in [2.24, 2.45) is 0 Å². The number of benzene rings is 1. The van der Waals surface area contributed by atoms with E-state index in [4.69, 9.17) is 11.6 Å². The Labute approximate surface area is 217 Å². The molecule has 2 aromatic heterocycles. The van der Waals surface area contributed by atoms with Gasteiger partial charge in [0.15, 0.2) is 5.01 Å². The average Bonchev–Trinajstić information content (AvgIpc) is 3.40. The summed E-state index contributed by atoms with van der Waals surface area (Å²) in [5, 5.41) is 28.1. The average molecular weight is 540 g/mol. The molecule has 0 bridgehead atoms. The molecule has 2 aliphatic rings. The van der Waals surface area contributed by atoms with Gasteiger partial charge in [0.2, 0.25) is 0 Å². The molecule has 1 fully saturated rings. The molecule has 3 heterocycles. The Morgan fingerprint density at radius 1 is 1.14 bits per heavy atom. The normalized spacial score (nSPS) is 24.5. The minimum Gasteiger partial charge on any atom is -0.390 e. The number of aliphatic hydroxyl groups excluding tert-OH is 2. The zero-order chi connectivity index (χ0) is 24.0. The largest absolute Gasteiger partial charge is 0.390 e. The molecule has 2 amide bonds. The summed E-state index contributed by atoms with van der Waals surface area (Å²) in [5.41, 5.74) is 2.08. The first-order chi connectivity index (χ1) is 16.3. The first-order valence-electron chi connectivity index (χ1n) is 11.2. The lowest BCUT2D eigenvalue weighted by atomic mass is 9.86. The van der Waals surface area contributed by atoms with Crippen molar-refractivity contribution in [3.63, 3.8) is 0 Å². The fourth-order valence-electron chi connectivity index (χ4n) is 4.60. The van der Waals surface area contributed by atoms with Gasteiger partial charge in [-0.1, -0.05) is 11.6 Å². The zero-order valence-corrected chi connectivity index (χ0v) is 21.3. The van der Waals surface area contributed by atoms with Crippen LogP contribution < -0.4 is 10.6 Å². The molecule has 4 atom stereocenters. The Morgan fingerprint density at radius 2 is 1.83 bits per heavy atom. The summed E-state index contributed by atoms with van der Waals surface area (Å²) in [5.74, 6) is -0.706. The third-order valence-corrected chi connectivity index (χ3v) is 7.81. The van der Waals surface area contributed by atoms with Crippen LogP contribution in [0.1, 0.15) is 43.7 Å². The highest BCUT2D eigenvalue weighted by Crippen LogP contribution is 2.26. The molecule has 35 heavy (non-hydrogen) atoms. The maximum atomic E-state index is 13.0. The van der Waals surface area contributed by atoms with E-state index < -0.39 is 24.3 Å². The second kappa shape index (κ2) is 10.4. The van der Waals surface area contributed by atoms with Gasteiger partial charge in [-0.05, 0) is 44.2 Å². The van der Waals surface area contributed by atoms with Crippen molar-refractivity contribution in [2.45, 2.75) is 50.1 Å². The van der Waals surface area contributed by atoms with E-state index >= 15 is 0 Å². The van der Waals surface area contributed by atoms with Crippen molar-refractivity contribution >= 4 is 58.1 Å². The number of aromatic amines is 1. The predicted octanol–water partition coefficient (Wildman–Crippen LogP) is 2.10. The summed E-state index contributed by atoms with van der Waals surface area (Å²) in [6, 6.07) is 5.88. The Morgan fingerprint density at radius 3 is 2.54 bits per heavy atom. The number of amides is 2. The molecule has 1 aliphatic carbocycles. The van der Waals surface area contributed by atoms with E-state index in [0.717, 1.165) is 41.0 Å². The molecule has 12 heteroatoms. The lowest BCUT2D eigenvalue weighted by molar-refractivity contribution is -0.0275. The molecule has 0 radical (unpaired) electrons. The molecule has 3 aromatic rings. The number of aromatic nitrogens is 2. The Kier molecular flexibility index (Phi) is 7.70. The van der Waals surface area contributed by atoms with E-state index in [2.05, 4.69) is 25.5 Å². The third kappa shape index (κ3) is 5.47. The van der Waals surface area contributed by atoms with Crippen molar-refractivity contribution in [1.82, 2.24) is 25.5 Å². The lowest BCUT2D eigenvalue weighted by Crippen LogP contribution is -2.59. The maximum Gasteiger partial charge on any atom is 0.280 e. The molecule has 1 saturated carbocycles. The third-order valence-electron chi connectivity index (χ3n) is 6.50. The molecule has 0 saturated heterocycles. The number of hydrogen-bond acceptors (Lipinski definition) is 7. The number of carbonyl (C=O) groups is 2. The van der Waals surface area contributed by atoms with Gasteiger partial charge >= 0.3 is 0 Å². The van der Waals surface area contributed by atoms with E-state index in [1.165, 1.54) is 11.3 Å². The molecule has 5 rings (SSSR count). The van der Waals surface area contributed by atoms with Gasteiger partial charge in [-0.25, -0.2) is 4.98 Å². The van der Waals surface area contributed by atoms with E-state index in [-0.39, 0.29) is 37.1 Å². The van der Waals surface area contributed by atoms with Crippen molar-refractivity contribution in [3.8, 4) is 0 Å². The zero-order valence-electron chi connectivity index (χ0n) is 19.0. The van der Waals surface area contributed by atoms with E-state index in [1.807, 2.05) is 7.05 Å². The number of halogens is 2. The van der Waals surface area contributed by atoms with Crippen LogP contribution in [0.25, 0.3) is 10.9 Å². The molecular formula is C23H27Cl2N5O4S. The maximum absolute atomic E-state index is 13.0. The van der Waals surface area contributed by atoms with Gasteiger partial charge in [0, 0.05) is 40.3 Å². The van der Waals surface area contributed by atoms with Gasteiger partial charge in [-0.3, -0.25) is 9.59 Å². The minimum atomic E-state index is -0.998. The van der Waals surface area contributed by atoms with Gasteiger partial charge in [-0.15, -0.1) is 23.7 Å². The molecule has 188 valence electrons. The number of nitrogens with zero attached hydrogens (tertiary/aromatic N) is 2. The number of likely N-dealkylation sites (N-methyl/N-ethyl adjacent to an activating group) is 1. The standard InChI is InChI=1S/C23H26ClN5O4S.ClH/c1-29-5-4-14-20(10-29)34-23(28-14)22(33)27-16-9-19(31)18(30)8-15(16)26-21(32)17-7-11-6-12(24)2-3-13(11)25-17;/h2-3,6-7,15-16,18-19,25,30-31H,4-5,8-10H2,1H3,(H,26,32)(H,27,33);1H/t15-,16+,18+,19-;/m1./s1. The van der Waals surface area contributed by atoms with Gasteiger partial charge < -0.3 is 30.7 Å². The number of aliphatic hydroxyl groups is 2. The number of fused-ring (bicyclic) bond motifs is 2. The van der Waals surface area contributed by atoms with Crippen LogP contribution in [0.2, 0.25) is 5.02 Å². The van der Waals surface area contributed by atoms with Gasteiger partial charge in [0.25, 0.3) is 11.8 Å².